The van der Waals surface area contributed by atoms with Crippen LogP contribution in [0.2, 0.25) is 0 Å². The van der Waals surface area contributed by atoms with Crippen molar-refractivity contribution in [1.29, 1.82) is 0 Å². The minimum atomic E-state index is -4.59. The van der Waals surface area contributed by atoms with Crippen LogP contribution in [0.3, 0.4) is 0 Å². The van der Waals surface area contributed by atoms with Crippen LogP contribution in [0.4, 0.5) is 23.5 Å². The number of amides is 1. The van der Waals surface area contributed by atoms with Crippen LogP contribution in [-0.4, -0.2) is 58.2 Å². The van der Waals surface area contributed by atoms with E-state index in [4.69, 9.17) is 4.74 Å². The van der Waals surface area contributed by atoms with Gasteiger partial charge in [-0.25, -0.2) is 4.39 Å². The molecule has 0 radical (unpaired) electrons. The number of hydrogen-bond acceptors (Lipinski definition) is 7. The van der Waals surface area contributed by atoms with Gasteiger partial charge in [0, 0.05) is 18.7 Å². The molecule has 12 heteroatoms. The quantitative estimate of drug-likeness (QED) is 0.371. The summed E-state index contributed by atoms with van der Waals surface area (Å²) in [6.45, 7) is 0.584. The summed E-state index contributed by atoms with van der Waals surface area (Å²) < 4.78 is 56.7. The first-order valence-corrected chi connectivity index (χ1v) is 12.3. The Morgan fingerprint density at radius 1 is 0.974 bits per heavy atom. The standard InChI is InChI=1S/C26H28F4N6O2/c27-20-11-9-18(10-12-20)15-31-24-33-22(34-25(35-24)38-17-26(28,29)30)21(16-36-13-5-2-6-14-36)32-23(37)19-7-3-1-4-8-19/h1,3-4,7-12,21H,2,5-6,13-17H2,(H,32,37)(H,31,33,34,35). The zero-order valence-corrected chi connectivity index (χ0v) is 20.5. The summed E-state index contributed by atoms with van der Waals surface area (Å²) in [5.41, 5.74) is 1.13. The van der Waals surface area contributed by atoms with Gasteiger partial charge in [-0.15, -0.1) is 0 Å². The van der Waals surface area contributed by atoms with Gasteiger partial charge in [0.05, 0.1) is 0 Å². The molecule has 2 heterocycles. The summed E-state index contributed by atoms with van der Waals surface area (Å²) in [6.07, 6.45) is -1.48. The number of nitrogens with zero attached hydrogens (tertiary/aromatic N) is 4. The molecule has 1 aliphatic heterocycles. The number of aromatic nitrogens is 3. The van der Waals surface area contributed by atoms with Crippen molar-refractivity contribution in [2.75, 3.05) is 31.6 Å². The van der Waals surface area contributed by atoms with Gasteiger partial charge in [0.2, 0.25) is 5.95 Å². The summed E-state index contributed by atoms with van der Waals surface area (Å²) in [6, 6.07) is 13.0. The van der Waals surface area contributed by atoms with Gasteiger partial charge in [0.15, 0.2) is 12.4 Å². The number of piperidine rings is 1. The second-order valence-electron chi connectivity index (χ2n) is 8.94. The maximum absolute atomic E-state index is 13.2. The normalized spacial score (nSPS) is 15.1. The lowest BCUT2D eigenvalue weighted by atomic mass is 10.1. The van der Waals surface area contributed by atoms with E-state index in [9.17, 15) is 22.4 Å². The molecule has 4 rings (SSSR count). The van der Waals surface area contributed by atoms with Crippen LogP contribution >= 0.6 is 0 Å². The highest BCUT2D eigenvalue weighted by Crippen LogP contribution is 2.21. The van der Waals surface area contributed by atoms with Gasteiger partial charge in [-0.1, -0.05) is 36.8 Å². The van der Waals surface area contributed by atoms with Crippen molar-refractivity contribution in [2.24, 2.45) is 0 Å². The van der Waals surface area contributed by atoms with Crippen LogP contribution in [-0.2, 0) is 6.54 Å². The number of ether oxygens (including phenoxy) is 1. The molecular weight excluding hydrogens is 504 g/mol. The number of likely N-dealkylation sites (tertiary alicyclic amines) is 1. The third-order valence-corrected chi connectivity index (χ3v) is 5.90. The summed E-state index contributed by atoms with van der Waals surface area (Å²) >= 11 is 0. The molecule has 0 spiro atoms. The van der Waals surface area contributed by atoms with E-state index >= 15 is 0 Å². The number of carbonyl (C=O) groups is 1. The fourth-order valence-corrected chi connectivity index (χ4v) is 4.02. The third-order valence-electron chi connectivity index (χ3n) is 5.90. The number of hydrogen-bond donors (Lipinski definition) is 2. The Bertz CT molecular complexity index is 1190. The third kappa shape index (κ3) is 8.37. The van der Waals surface area contributed by atoms with Gasteiger partial charge in [-0.05, 0) is 55.8 Å². The van der Waals surface area contributed by atoms with E-state index in [1.54, 1.807) is 42.5 Å². The van der Waals surface area contributed by atoms with E-state index < -0.39 is 30.7 Å². The average molecular weight is 533 g/mol. The smallest absolute Gasteiger partial charge is 0.422 e. The molecule has 3 aromatic rings. The van der Waals surface area contributed by atoms with Gasteiger partial charge in [-0.2, -0.15) is 28.1 Å². The topological polar surface area (TPSA) is 92.3 Å². The second-order valence-corrected chi connectivity index (χ2v) is 8.94. The van der Waals surface area contributed by atoms with Crippen molar-refractivity contribution in [1.82, 2.24) is 25.2 Å². The number of halogens is 4. The number of benzene rings is 2. The second kappa shape index (κ2) is 12.6. The molecule has 0 aliphatic carbocycles. The summed E-state index contributed by atoms with van der Waals surface area (Å²) in [5.74, 6) is -0.733. The highest BCUT2D eigenvalue weighted by molar-refractivity contribution is 5.94. The van der Waals surface area contributed by atoms with E-state index in [1.807, 2.05) is 0 Å². The Morgan fingerprint density at radius 3 is 2.37 bits per heavy atom. The molecule has 2 aromatic carbocycles. The molecule has 8 nitrogen and oxygen atoms in total. The highest BCUT2D eigenvalue weighted by atomic mass is 19.4. The lowest BCUT2D eigenvalue weighted by molar-refractivity contribution is -0.154. The van der Waals surface area contributed by atoms with Crippen molar-refractivity contribution in [2.45, 2.75) is 38.0 Å². The molecule has 1 unspecified atom stereocenters. The average Bonchev–Trinajstić information content (AvgIpc) is 2.92. The van der Waals surface area contributed by atoms with E-state index in [0.717, 1.165) is 32.4 Å². The van der Waals surface area contributed by atoms with Crippen molar-refractivity contribution < 1.29 is 27.1 Å². The van der Waals surface area contributed by atoms with E-state index in [2.05, 4.69) is 30.5 Å². The predicted octanol–water partition coefficient (Wildman–Crippen LogP) is 4.52. The van der Waals surface area contributed by atoms with Gasteiger partial charge in [0.1, 0.15) is 11.9 Å². The van der Waals surface area contributed by atoms with Crippen molar-refractivity contribution >= 4 is 11.9 Å². The Kier molecular flexibility index (Phi) is 9.06. The molecule has 38 heavy (non-hydrogen) atoms. The molecule has 1 aromatic heterocycles. The van der Waals surface area contributed by atoms with Crippen LogP contribution in [0.5, 0.6) is 6.01 Å². The first-order valence-electron chi connectivity index (χ1n) is 12.3. The van der Waals surface area contributed by atoms with Crippen molar-refractivity contribution in [3.63, 3.8) is 0 Å². The summed E-state index contributed by atoms with van der Waals surface area (Å²) in [4.78, 5) is 27.7. The lowest BCUT2D eigenvalue weighted by Gasteiger charge is -2.30. The number of anilines is 1. The first kappa shape index (κ1) is 27.2. The summed E-state index contributed by atoms with van der Waals surface area (Å²) in [5, 5.41) is 5.85. The lowest BCUT2D eigenvalue weighted by Crippen LogP contribution is -2.41. The fraction of sp³-hybridized carbons (Fsp3) is 0.385. The van der Waals surface area contributed by atoms with Crippen molar-refractivity contribution in [3.05, 3.63) is 77.4 Å². The Balaban J connectivity index is 1.62. The van der Waals surface area contributed by atoms with Gasteiger partial charge in [-0.3, -0.25) is 4.79 Å². The fourth-order valence-electron chi connectivity index (χ4n) is 4.02. The predicted molar refractivity (Wildman–Crippen MR) is 132 cm³/mol. The van der Waals surface area contributed by atoms with Gasteiger partial charge >= 0.3 is 12.2 Å². The molecule has 1 saturated heterocycles. The minimum Gasteiger partial charge on any atom is -0.454 e. The SMILES string of the molecule is O=C(NC(CN1CCCCC1)c1nc(NCc2ccc(F)cc2)nc(OCC(F)(F)F)n1)c1ccccc1. The number of carbonyl (C=O) groups excluding carboxylic acids is 1. The van der Waals surface area contributed by atoms with Crippen molar-refractivity contribution in [3.8, 4) is 6.01 Å². The van der Waals surface area contributed by atoms with Crippen LogP contribution in [0.25, 0.3) is 0 Å². The Labute approximate surface area is 217 Å². The maximum Gasteiger partial charge on any atom is 0.422 e. The molecule has 2 N–H and O–H groups in total. The molecular formula is C26H28F4N6O2. The van der Waals surface area contributed by atoms with E-state index in [0.29, 0.717) is 17.7 Å². The van der Waals surface area contributed by atoms with E-state index in [1.165, 1.54) is 12.1 Å². The zero-order valence-electron chi connectivity index (χ0n) is 20.5. The zero-order chi connectivity index (χ0) is 27.0. The molecule has 1 atom stereocenters. The summed E-state index contributed by atoms with van der Waals surface area (Å²) in [7, 11) is 0. The highest BCUT2D eigenvalue weighted by Gasteiger charge is 2.30. The molecule has 0 saturated carbocycles. The van der Waals surface area contributed by atoms with Crippen LogP contribution in [0.1, 0.15) is 47.1 Å². The van der Waals surface area contributed by atoms with Crippen LogP contribution in [0, 0.1) is 5.82 Å². The first-order chi connectivity index (χ1) is 18.2. The largest absolute Gasteiger partial charge is 0.454 e. The Hall–Kier alpha value is -3.80. The maximum atomic E-state index is 13.2. The van der Waals surface area contributed by atoms with E-state index in [-0.39, 0.29) is 24.2 Å². The molecule has 1 fully saturated rings. The Morgan fingerprint density at radius 2 is 1.68 bits per heavy atom. The number of rotatable bonds is 10. The molecule has 1 amide bonds. The minimum absolute atomic E-state index is 0.0332. The molecule has 202 valence electrons. The molecule has 0 bridgehead atoms. The van der Waals surface area contributed by atoms with Crippen LogP contribution in [0.15, 0.2) is 54.6 Å². The molecule has 1 aliphatic rings. The number of alkyl halides is 3. The van der Waals surface area contributed by atoms with Crippen LogP contribution < -0.4 is 15.4 Å². The number of nitrogens with one attached hydrogen (secondary N) is 2. The van der Waals surface area contributed by atoms with Gasteiger partial charge in [0.25, 0.3) is 5.91 Å². The monoisotopic (exact) mass is 532 g/mol. The van der Waals surface area contributed by atoms with Gasteiger partial charge < -0.3 is 20.3 Å².